The fourth-order valence-corrected chi connectivity index (χ4v) is 3.44. The highest BCUT2D eigenvalue weighted by atomic mass is 79.9. The van der Waals surface area contributed by atoms with Gasteiger partial charge in [-0.3, -0.25) is 9.71 Å². The molecule has 0 aliphatic carbocycles. The standard InChI is InChI=1S/C10H15BrN2O2S/c1-10(2,3)7-16(14,15)13-9-4-5-12-6-8(9)11/h4-6H,7H2,1-3H3,(H,12,13). The van der Waals surface area contributed by atoms with E-state index in [2.05, 4.69) is 25.6 Å². The van der Waals surface area contributed by atoms with Crippen molar-refractivity contribution in [3.63, 3.8) is 0 Å². The summed E-state index contributed by atoms with van der Waals surface area (Å²) in [5, 5.41) is 0. The van der Waals surface area contributed by atoms with Crippen molar-refractivity contribution in [2.24, 2.45) is 5.41 Å². The van der Waals surface area contributed by atoms with Gasteiger partial charge in [0.15, 0.2) is 0 Å². The van der Waals surface area contributed by atoms with Crippen LogP contribution in [0.2, 0.25) is 0 Å². The van der Waals surface area contributed by atoms with E-state index >= 15 is 0 Å². The summed E-state index contributed by atoms with van der Waals surface area (Å²) in [5.41, 5.74) is 0.241. The minimum absolute atomic E-state index is 0.0781. The lowest BCUT2D eigenvalue weighted by molar-refractivity contribution is 0.463. The molecule has 0 aromatic carbocycles. The lowest BCUT2D eigenvalue weighted by Crippen LogP contribution is -2.26. The number of anilines is 1. The first-order chi connectivity index (χ1) is 7.20. The SMILES string of the molecule is CC(C)(C)CS(=O)(=O)Nc1ccncc1Br. The molecular weight excluding hydrogens is 292 g/mol. The normalized spacial score (nSPS) is 12.5. The summed E-state index contributed by atoms with van der Waals surface area (Å²) >= 11 is 3.24. The Balaban J connectivity index is 2.86. The second-order valence-electron chi connectivity index (χ2n) is 4.78. The highest BCUT2D eigenvalue weighted by Crippen LogP contribution is 2.23. The zero-order valence-electron chi connectivity index (χ0n) is 9.49. The molecule has 0 saturated carbocycles. The first-order valence-electron chi connectivity index (χ1n) is 4.80. The quantitative estimate of drug-likeness (QED) is 0.934. The molecule has 16 heavy (non-hydrogen) atoms. The molecular formula is C10H15BrN2O2S. The average molecular weight is 307 g/mol. The fraction of sp³-hybridized carbons (Fsp3) is 0.500. The first kappa shape index (κ1) is 13.4. The van der Waals surface area contributed by atoms with Crippen molar-refractivity contribution in [3.05, 3.63) is 22.9 Å². The topological polar surface area (TPSA) is 59.1 Å². The Morgan fingerprint density at radius 3 is 2.56 bits per heavy atom. The van der Waals surface area contributed by atoms with Crippen LogP contribution in [-0.2, 0) is 10.0 Å². The van der Waals surface area contributed by atoms with Gasteiger partial charge in [0.25, 0.3) is 0 Å². The van der Waals surface area contributed by atoms with E-state index in [9.17, 15) is 8.42 Å². The molecule has 1 rings (SSSR count). The number of hydrogen-bond donors (Lipinski definition) is 1. The van der Waals surface area contributed by atoms with Gasteiger partial charge in [0.1, 0.15) is 0 Å². The van der Waals surface area contributed by atoms with Crippen LogP contribution in [0, 0.1) is 5.41 Å². The molecule has 1 heterocycles. The van der Waals surface area contributed by atoms with E-state index in [-0.39, 0.29) is 11.2 Å². The molecule has 0 unspecified atom stereocenters. The van der Waals surface area contributed by atoms with Crippen molar-refractivity contribution in [3.8, 4) is 0 Å². The largest absolute Gasteiger partial charge is 0.282 e. The molecule has 4 nitrogen and oxygen atoms in total. The number of halogens is 1. The second kappa shape index (κ2) is 4.71. The maximum Gasteiger partial charge on any atom is 0.233 e. The van der Waals surface area contributed by atoms with Crippen molar-refractivity contribution < 1.29 is 8.42 Å². The summed E-state index contributed by atoms with van der Waals surface area (Å²) in [6.45, 7) is 5.65. The van der Waals surface area contributed by atoms with Gasteiger partial charge in [0.2, 0.25) is 10.0 Å². The Labute approximate surface area is 105 Å². The summed E-state index contributed by atoms with van der Waals surface area (Å²) in [5.74, 6) is 0.0781. The number of nitrogens with one attached hydrogen (secondary N) is 1. The molecule has 0 amide bonds. The van der Waals surface area contributed by atoms with Gasteiger partial charge in [-0.15, -0.1) is 0 Å². The molecule has 0 radical (unpaired) electrons. The van der Waals surface area contributed by atoms with E-state index in [1.165, 1.54) is 0 Å². The van der Waals surface area contributed by atoms with E-state index in [0.29, 0.717) is 10.2 Å². The third-order valence-electron chi connectivity index (χ3n) is 1.66. The lowest BCUT2D eigenvalue weighted by Gasteiger charge is -2.19. The predicted octanol–water partition coefficient (Wildman–Crippen LogP) is 2.63. The van der Waals surface area contributed by atoms with E-state index in [1.54, 1.807) is 18.5 Å². The van der Waals surface area contributed by atoms with E-state index in [1.807, 2.05) is 20.8 Å². The minimum atomic E-state index is -3.32. The van der Waals surface area contributed by atoms with Crippen molar-refractivity contribution >= 4 is 31.6 Å². The maximum atomic E-state index is 11.8. The van der Waals surface area contributed by atoms with E-state index in [0.717, 1.165) is 0 Å². The molecule has 0 atom stereocenters. The Morgan fingerprint density at radius 2 is 2.06 bits per heavy atom. The molecule has 1 N–H and O–H groups in total. The molecule has 0 spiro atoms. The van der Waals surface area contributed by atoms with Crippen LogP contribution in [0.4, 0.5) is 5.69 Å². The van der Waals surface area contributed by atoms with Gasteiger partial charge in [0, 0.05) is 12.4 Å². The zero-order chi connectivity index (χ0) is 12.4. The number of sulfonamides is 1. The fourth-order valence-electron chi connectivity index (χ4n) is 1.23. The highest BCUT2D eigenvalue weighted by Gasteiger charge is 2.21. The van der Waals surface area contributed by atoms with Gasteiger partial charge in [-0.1, -0.05) is 20.8 Å². The van der Waals surface area contributed by atoms with Crippen LogP contribution in [0.1, 0.15) is 20.8 Å². The Hall–Kier alpha value is -0.620. The van der Waals surface area contributed by atoms with Crippen LogP contribution in [0.15, 0.2) is 22.9 Å². The van der Waals surface area contributed by atoms with Crippen molar-refractivity contribution in [1.29, 1.82) is 0 Å². The van der Waals surface area contributed by atoms with Crippen LogP contribution in [0.5, 0.6) is 0 Å². The molecule has 0 bridgehead atoms. The molecule has 0 aliphatic heterocycles. The van der Waals surface area contributed by atoms with E-state index < -0.39 is 10.0 Å². The number of nitrogens with zero attached hydrogens (tertiary/aromatic N) is 1. The zero-order valence-corrected chi connectivity index (χ0v) is 11.9. The van der Waals surface area contributed by atoms with Crippen LogP contribution in [0.25, 0.3) is 0 Å². The maximum absolute atomic E-state index is 11.8. The van der Waals surface area contributed by atoms with Gasteiger partial charge in [0.05, 0.1) is 15.9 Å². The Kier molecular flexibility index (Phi) is 3.96. The lowest BCUT2D eigenvalue weighted by atomic mass is 10.0. The van der Waals surface area contributed by atoms with Crippen molar-refractivity contribution in [1.82, 2.24) is 4.98 Å². The van der Waals surface area contributed by atoms with Gasteiger partial charge in [-0.2, -0.15) is 0 Å². The van der Waals surface area contributed by atoms with E-state index in [4.69, 9.17) is 0 Å². The van der Waals surface area contributed by atoms with Crippen molar-refractivity contribution in [2.75, 3.05) is 10.5 Å². The highest BCUT2D eigenvalue weighted by molar-refractivity contribution is 9.10. The third kappa shape index (κ3) is 4.49. The Morgan fingerprint density at radius 1 is 1.44 bits per heavy atom. The van der Waals surface area contributed by atoms with Crippen LogP contribution >= 0.6 is 15.9 Å². The molecule has 1 aromatic rings. The monoisotopic (exact) mass is 306 g/mol. The van der Waals surface area contributed by atoms with Crippen LogP contribution in [-0.4, -0.2) is 19.2 Å². The summed E-state index contributed by atoms with van der Waals surface area (Å²) < 4.78 is 26.8. The average Bonchev–Trinajstić information content (AvgIpc) is 2.04. The number of aromatic nitrogens is 1. The molecule has 0 aliphatic rings. The van der Waals surface area contributed by atoms with Gasteiger partial charge in [-0.25, -0.2) is 8.42 Å². The predicted molar refractivity (Wildman–Crippen MR) is 68.8 cm³/mol. The summed E-state index contributed by atoms with van der Waals surface area (Å²) in [4.78, 5) is 3.87. The number of pyridine rings is 1. The molecule has 1 aromatic heterocycles. The van der Waals surface area contributed by atoms with Gasteiger partial charge in [-0.05, 0) is 27.4 Å². The third-order valence-corrected chi connectivity index (χ3v) is 4.07. The number of rotatable bonds is 3. The summed E-state index contributed by atoms with van der Waals surface area (Å²) in [6.07, 6.45) is 3.09. The summed E-state index contributed by atoms with van der Waals surface area (Å²) in [7, 11) is -3.32. The smallest absolute Gasteiger partial charge is 0.233 e. The van der Waals surface area contributed by atoms with Gasteiger partial charge >= 0.3 is 0 Å². The minimum Gasteiger partial charge on any atom is -0.282 e. The molecule has 90 valence electrons. The van der Waals surface area contributed by atoms with Gasteiger partial charge < -0.3 is 0 Å². The second-order valence-corrected chi connectivity index (χ2v) is 7.35. The summed E-state index contributed by atoms with van der Waals surface area (Å²) in [6, 6.07) is 1.62. The molecule has 0 saturated heterocycles. The van der Waals surface area contributed by atoms with Crippen molar-refractivity contribution in [2.45, 2.75) is 20.8 Å². The van der Waals surface area contributed by atoms with Crippen LogP contribution < -0.4 is 4.72 Å². The molecule has 0 fully saturated rings. The Bertz CT molecular complexity index is 466. The number of hydrogen-bond acceptors (Lipinski definition) is 3. The molecule has 6 heteroatoms. The first-order valence-corrected chi connectivity index (χ1v) is 7.24. The van der Waals surface area contributed by atoms with Crippen LogP contribution in [0.3, 0.4) is 0 Å².